The van der Waals surface area contributed by atoms with Gasteiger partial charge in [0.15, 0.2) is 0 Å². The maximum Gasteiger partial charge on any atom is 0.265 e. The van der Waals surface area contributed by atoms with E-state index in [9.17, 15) is 0 Å². The Balaban J connectivity index is 2.60. The molecule has 1 aromatic rings. The van der Waals surface area contributed by atoms with Crippen LogP contribution in [-0.4, -0.2) is 29.8 Å². The van der Waals surface area contributed by atoms with Gasteiger partial charge in [0.25, 0.3) is 5.95 Å². The van der Waals surface area contributed by atoms with Gasteiger partial charge < -0.3 is 15.2 Å². The average Bonchev–Trinajstić information content (AvgIpc) is 2.65. The summed E-state index contributed by atoms with van der Waals surface area (Å²) in [6.45, 7) is 7.06. The van der Waals surface area contributed by atoms with Gasteiger partial charge >= 0.3 is 0 Å². The molecule has 5 nitrogen and oxygen atoms in total. The van der Waals surface area contributed by atoms with E-state index in [0.29, 0.717) is 24.2 Å². The third kappa shape index (κ3) is 3.20. The molecule has 0 fully saturated rings. The molecule has 0 bridgehead atoms. The zero-order chi connectivity index (χ0) is 11.4. The minimum atomic E-state index is 0.0743. The average molecular weight is 212 g/mol. The van der Waals surface area contributed by atoms with Gasteiger partial charge in [0.2, 0.25) is 5.89 Å². The molecule has 0 aromatic carbocycles. The van der Waals surface area contributed by atoms with Crippen LogP contribution in [0.25, 0.3) is 0 Å². The first kappa shape index (κ1) is 12.0. The Kier molecular flexibility index (Phi) is 4.08. The third-order valence-electron chi connectivity index (χ3n) is 2.54. The van der Waals surface area contributed by atoms with E-state index in [1.807, 2.05) is 18.9 Å². The fraction of sp³-hybridized carbons (Fsp3) is 0.800. The quantitative estimate of drug-likeness (QED) is 0.790. The minimum Gasteiger partial charge on any atom is -0.342 e. The minimum absolute atomic E-state index is 0.0743. The Morgan fingerprint density at radius 2 is 2.13 bits per heavy atom. The van der Waals surface area contributed by atoms with Crippen LogP contribution in [0.4, 0.5) is 5.95 Å². The molecular formula is C10H20N4O. The van der Waals surface area contributed by atoms with E-state index in [2.05, 4.69) is 24.0 Å². The molecule has 0 spiro atoms. The van der Waals surface area contributed by atoms with Crippen LogP contribution in [0.5, 0.6) is 0 Å². The summed E-state index contributed by atoms with van der Waals surface area (Å²) >= 11 is 0. The molecule has 0 aliphatic heterocycles. The number of aromatic nitrogens is 2. The molecule has 0 saturated heterocycles. The Morgan fingerprint density at radius 3 is 2.67 bits per heavy atom. The SMILES string of the molecule is CCN(C)c1noc(CC(N)C(C)C)n1. The van der Waals surface area contributed by atoms with Crippen molar-refractivity contribution in [2.45, 2.75) is 33.2 Å². The van der Waals surface area contributed by atoms with Crippen LogP contribution in [-0.2, 0) is 6.42 Å². The Hall–Kier alpha value is -1.10. The van der Waals surface area contributed by atoms with Crippen LogP contribution in [0.3, 0.4) is 0 Å². The first-order chi connectivity index (χ1) is 7.04. The highest BCUT2D eigenvalue weighted by Crippen LogP contribution is 2.10. The van der Waals surface area contributed by atoms with E-state index < -0.39 is 0 Å². The van der Waals surface area contributed by atoms with Gasteiger partial charge in [0.1, 0.15) is 0 Å². The molecule has 0 radical (unpaired) electrons. The number of anilines is 1. The van der Waals surface area contributed by atoms with Gasteiger partial charge in [-0.15, -0.1) is 0 Å². The highest BCUT2D eigenvalue weighted by molar-refractivity contribution is 5.25. The van der Waals surface area contributed by atoms with Crippen molar-refractivity contribution >= 4 is 5.95 Å². The van der Waals surface area contributed by atoms with Crippen LogP contribution >= 0.6 is 0 Å². The van der Waals surface area contributed by atoms with Crippen LogP contribution in [0.15, 0.2) is 4.52 Å². The molecule has 1 rings (SSSR count). The highest BCUT2D eigenvalue weighted by atomic mass is 16.5. The van der Waals surface area contributed by atoms with Crippen molar-refractivity contribution < 1.29 is 4.52 Å². The first-order valence-corrected chi connectivity index (χ1v) is 5.33. The molecular weight excluding hydrogens is 192 g/mol. The topological polar surface area (TPSA) is 68.2 Å². The van der Waals surface area contributed by atoms with Crippen molar-refractivity contribution in [1.82, 2.24) is 10.1 Å². The zero-order valence-electron chi connectivity index (χ0n) is 9.90. The molecule has 1 unspecified atom stereocenters. The molecule has 1 heterocycles. The van der Waals surface area contributed by atoms with Crippen LogP contribution < -0.4 is 10.6 Å². The molecule has 2 N–H and O–H groups in total. The summed E-state index contributed by atoms with van der Waals surface area (Å²) in [5.41, 5.74) is 5.92. The standard InChI is InChI=1S/C10H20N4O/c1-5-14(4)10-12-9(15-13-10)6-8(11)7(2)3/h7-8H,5-6,11H2,1-4H3. The summed E-state index contributed by atoms with van der Waals surface area (Å²) in [5, 5.41) is 3.88. The molecule has 0 aliphatic rings. The fourth-order valence-electron chi connectivity index (χ4n) is 1.06. The van der Waals surface area contributed by atoms with Gasteiger partial charge in [-0.2, -0.15) is 4.98 Å². The maximum absolute atomic E-state index is 5.92. The monoisotopic (exact) mass is 212 g/mol. The lowest BCUT2D eigenvalue weighted by molar-refractivity contribution is 0.352. The third-order valence-corrected chi connectivity index (χ3v) is 2.54. The van der Waals surface area contributed by atoms with Gasteiger partial charge in [0.05, 0.1) is 0 Å². The predicted octanol–water partition coefficient (Wildman–Crippen LogP) is 1.05. The molecule has 86 valence electrons. The molecule has 5 heteroatoms. The number of hydrogen-bond acceptors (Lipinski definition) is 5. The van der Waals surface area contributed by atoms with Gasteiger partial charge in [0, 0.05) is 26.1 Å². The summed E-state index contributed by atoms with van der Waals surface area (Å²) in [6.07, 6.45) is 0.641. The number of nitrogens with two attached hydrogens (primary N) is 1. The van der Waals surface area contributed by atoms with E-state index in [4.69, 9.17) is 10.3 Å². The van der Waals surface area contributed by atoms with Gasteiger partial charge in [-0.25, -0.2) is 0 Å². The Morgan fingerprint density at radius 1 is 1.47 bits per heavy atom. The van der Waals surface area contributed by atoms with Crippen molar-refractivity contribution in [3.63, 3.8) is 0 Å². The second-order valence-electron chi connectivity index (χ2n) is 4.11. The molecule has 15 heavy (non-hydrogen) atoms. The highest BCUT2D eigenvalue weighted by Gasteiger charge is 2.14. The zero-order valence-corrected chi connectivity index (χ0v) is 9.90. The second kappa shape index (κ2) is 5.11. The number of hydrogen-bond donors (Lipinski definition) is 1. The van der Waals surface area contributed by atoms with E-state index >= 15 is 0 Å². The van der Waals surface area contributed by atoms with E-state index in [-0.39, 0.29) is 6.04 Å². The predicted molar refractivity (Wildman–Crippen MR) is 59.8 cm³/mol. The van der Waals surface area contributed by atoms with E-state index in [1.54, 1.807) is 0 Å². The lowest BCUT2D eigenvalue weighted by Gasteiger charge is -2.12. The maximum atomic E-state index is 5.92. The lowest BCUT2D eigenvalue weighted by atomic mass is 10.0. The summed E-state index contributed by atoms with van der Waals surface area (Å²) in [7, 11) is 1.93. The van der Waals surface area contributed by atoms with Crippen molar-refractivity contribution in [3.8, 4) is 0 Å². The summed E-state index contributed by atoms with van der Waals surface area (Å²) in [5.74, 6) is 1.67. The number of rotatable bonds is 5. The molecule has 0 saturated carbocycles. The molecule has 0 aliphatic carbocycles. The van der Waals surface area contributed by atoms with E-state index in [0.717, 1.165) is 6.54 Å². The molecule has 1 aromatic heterocycles. The van der Waals surface area contributed by atoms with E-state index in [1.165, 1.54) is 0 Å². The normalized spacial score (nSPS) is 13.2. The lowest BCUT2D eigenvalue weighted by Crippen LogP contribution is -2.28. The van der Waals surface area contributed by atoms with Gasteiger partial charge in [-0.1, -0.05) is 13.8 Å². The molecule has 1 atom stereocenters. The van der Waals surface area contributed by atoms with Gasteiger partial charge in [-0.3, -0.25) is 0 Å². The molecule has 0 amide bonds. The Bertz CT molecular complexity index is 297. The van der Waals surface area contributed by atoms with Crippen LogP contribution in [0.1, 0.15) is 26.7 Å². The summed E-state index contributed by atoms with van der Waals surface area (Å²) in [6, 6.07) is 0.0743. The van der Waals surface area contributed by atoms with Crippen molar-refractivity contribution in [3.05, 3.63) is 5.89 Å². The second-order valence-corrected chi connectivity index (χ2v) is 4.11. The van der Waals surface area contributed by atoms with Gasteiger partial charge in [-0.05, 0) is 18.0 Å². The van der Waals surface area contributed by atoms with Crippen molar-refractivity contribution in [1.29, 1.82) is 0 Å². The summed E-state index contributed by atoms with van der Waals surface area (Å²) < 4.78 is 5.13. The largest absolute Gasteiger partial charge is 0.342 e. The van der Waals surface area contributed by atoms with Crippen LogP contribution in [0.2, 0.25) is 0 Å². The van der Waals surface area contributed by atoms with Crippen molar-refractivity contribution in [2.24, 2.45) is 11.7 Å². The summed E-state index contributed by atoms with van der Waals surface area (Å²) in [4.78, 5) is 6.20. The fourth-order valence-corrected chi connectivity index (χ4v) is 1.06. The smallest absolute Gasteiger partial charge is 0.265 e. The first-order valence-electron chi connectivity index (χ1n) is 5.33. The van der Waals surface area contributed by atoms with Crippen LogP contribution in [0, 0.1) is 5.92 Å². The van der Waals surface area contributed by atoms with Crippen molar-refractivity contribution in [2.75, 3.05) is 18.5 Å². The Labute approximate surface area is 90.6 Å². The number of nitrogens with zero attached hydrogens (tertiary/aromatic N) is 3.